The Labute approximate surface area is 111 Å². The molecule has 1 aliphatic heterocycles. The summed E-state index contributed by atoms with van der Waals surface area (Å²) in [5, 5.41) is 3.67. The van der Waals surface area contributed by atoms with E-state index in [1.165, 1.54) is 38.5 Å². The predicted octanol–water partition coefficient (Wildman–Crippen LogP) is 3.01. The second-order valence-corrected chi connectivity index (χ2v) is 5.29. The lowest BCUT2D eigenvalue weighted by molar-refractivity contribution is -0.0507. The minimum atomic E-state index is 0.00325. The van der Waals surface area contributed by atoms with Crippen molar-refractivity contribution in [3.05, 3.63) is 11.6 Å². The highest BCUT2D eigenvalue weighted by atomic mass is 16.7. The molecule has 1 N–H and O–H groups in total. The molecule has 0 bridgehead atoms. The van der Waals surface area contributed by atoms with Crippen molar-refractivity contribution in [1.29, 1.82) is 0 Å². The Bertz CT molecular complexity index is 259. The number of hydrogen-bond donors (Lipinski definition) is 1. The van der Waals surface area contributed by atoms with Crippen LogP contribution in [0.4, 0.5) is 0 Å². The van der Waals surface area contributed by atoms with E-state index in [1.807, 2.05) is 0 Å². The molecule has 18 heavy (non-hydrogen) atoms. The first-order valence-electron chi connectivity index (χ1n) is 7.55. The van der Waals surface area contributed by atoms with Gasteiger partial charge in [0.15, 0.2) is 6.29 Å². The van der Waals surface area contributed by atoms with Gasteiger partial charge in [0.1, 0.15) is 0 Å². The molecule has 1 heterocycles. The molecule has 2 aliphatic rings. The Morgan fingerprint density at radius 2 is 2.11 bits per heavy atom. The standard InChI is InChI=1S/C15H27NO2/c1-2-9-16-14(12-15-17-10-11-18-15)13-7-5-3-4-6-8-13/h7,14-16H,2-6,8-12H2,1H3. The van der Waals surface area contributed by atoms with Gasteiger partial charge in [0, 0.05) is 12.5 Å². The van der Waals surface area contributed by atoms with E-state index in [-0.39, 0.29) is 6.29 Å². The summed E-state index contributed by atoms with van der Waals surface area (Å²) in [6.07, 6.45) is 11.1. The predicted molar refractivity (Wildman–Crippen MR) is 73.6 cm³/mol. The summed E-state index contributed by atoms with van der Waals surface area (Å²) in [6, 6.07) is 0.450. The molecule has 3 heteroatoms. The SMILES string of the molecule is CCCNC(CC1OCCO1)C1=CCCCCC1. The zero-order valence-corrected chi connectivity index (χ0v) is 11.6. The van der Waals surface area contributed by atoms with Gasteiger partial charge < -0.3 is 14.8 Å². The average Bonchev–Trinajstić information content (AvgIpc) is 2.74. The summed E-state index contributed by atoms with van der Waals surface area (Å²) in [6.45, 7) is 4.80. The van der Waals surface area contributed by atoms with Gasteiger partial charge in [0.25, 0.3) is 0 Å². The van der Waals surface area contributed by atoms with Gasteiger partial charge in [-0.1, -0.05) is 25.0 Å². The fraction of sp³-hybridized carbons (Fsp3) is 0.867. The summed E-state index contributed by atoms with van der Waals surface area (Å²) in [5.41, 5.74) is 1.58. The van der Waals surface area contributed by atoms with Crippen LogP contribution in [0, 0.1) is 0 Å². The lowest BCUT2D eigenvalue weighted by Crippen LogP contribution is -2.35. The van der Waals surface area contributed by atoms with Crippen LogP contribution in [-0.4, -0.2) is 32.1 Å². The van der Waals surface area contributed by atoms with Gasteiger partial charge in [-0.3, -0.25) is 0 Å². The van der Waals surface area contributed by atoms with E-state index in [0.29, 0.717) is 6.04 Å². The molecule has 1 saturated heterocycles. The van der Waals surface area contributed by atoms with Gasteiger partial charge in [0.05, 0.1) is 13.2 Å². The third kappa shape index (κ3) is 4.38. The van der Waals surface area contributed by atoms with E-state index in [1.54, 1.807) is 5.57 Å². The van der Waals surface area contributed by atoms with Gasteiger partial charge in [-0.2, -0.15) is 0 Å². The first-order valence-corrected chi connectivity index (χ1v) is 7.55. The molecule has 1 aliphatic carbocycles. The first kappa shape index (κ1) is 14.0. The molecular weight excluding hydrogens is 226 g/mol. The molecule has 0 radical (unpaired) electrons. The number of allylic oxidation sites excluding steroid dienone is 1. The molecule has 2 rings (SSSR count). The molecule has 0 aromatic rings. The summed E-state index contributed by atoms with van der Waals surface area (Å²) in [7, 11) is 0. The quantitative estimate of drug-likeness (QED) is 0.738. The maximum Gasteiger partial charge on any atom is 0.159 e. The zero-order valence-electron chi connectivity index (χ0n) is 11.6. The first-order chi connectivity index (χ1) is 8.90. The third-order valence-electron chi connectivity index (χ3n) is 3.78. The molecule has 0 spiro atoms. The van der Waals surface area contributed by atoms with Crippen LogP contribution >= 0.6 is 0 Å². The highest BCUT2D eigenvalue weighted by molar-refractivity contribution is 5.12. The monoisotopic (exact) mass is 253 g/mol. The summed E-state index contributed by atoms with van der Waals surface area (Å²) < 4.78 is 11.2. The van der Waals surface area contributed by atoms with Crippen molar-refractivity contribution in [3.8, 4) is 0 Å². The smallest absolute Gasteiger partial charge is 0.159 e. The van der Waals surface area contributed by atoms with E-state index < -0.39 is 0 Å². The highest BCUT2D eigenvalue weighted by Crippen LogP contribution is 2.24. The van der Waals surface area contributed by atoms with Gasteiger partial charge in [-0.05, 0) is 38.6 Å². The van der Waals surface area contributed by atoms with Gasteiger partial charge in [0.2, 0.25) is 0 Å². The van der Waals surface area contributed by atoms with Crippen LogP contribution in [0.25, 0.3) is 0 Å². The number of hydrogen-bond acceptors (Lipinski definition) is 3. The molecule has 1 atom stereocenters. The van der Waals surface area contributed by atoms with Crippen molar-refractivity contribution < 1.29 is 9.47 Å². The van der Waals surface area contributed by atoms with Crippen molar-refractivity contribution in [3.63, 3.8) is 0 Å². The van der Waals surface area contributed by atoms with E-state index in [4.69, 9.17) is 9.47 Å². The highest BCUT2D eigenvalue weighted by Gasteiger charge is 2.23. The number of ether oxygens (including phenoxy) is 2. The normalized spacial score (nSPS) is 23.7. The van der Waals surface area contributed by atoms with Crippen LogP contribution in [0.1, 0.15) is 51.9 Å². The molecule has 1 fully saturated rings. The third-order valence-corrected chi connectivity index (χ3v) is 3.78. The van der Waals surface area contributed by atoms with Crippen molar-refractivity contribution in [2.75, 3.05) is 19.8 Å². The molecule has 0 amide bonds. The van der Waals surface area contributed by atoms with E-state index in [0.717, 1.165) is 26.2 Å². The Balaban J connectivity index is 1.91. The lowest BCUT2D eigenvalue weighted by Gasteiger charge is -2.24. The van der Waals surface area contributed by atoms with E-state index >= 15 is 0 Å². The van der Waals surface area contributed by atoms with Gasteiger partial charge >= 0.3 is 0 Å². The molecule has 0 saturated carbocycles. The maximum absolute atomic E-state index is 5.60. The number of nitrogens with one attached hydrogen (secondary N) is 1. The largest absolute Gasteiger partial charge is 0.350 e. The summed E-state index contributed by atoms with van der Waals surface area (Å²) in [4.78, 5) is 0. The summed E-state index contributed by atoms with van der Waals surface area (Å²) >= 11 is 0. The van der Waals surface area contributed by atoms with Crippen molar-refractivity contribution in [2.45, 2.75) is 64.2 Å². The van der Waals surface area contributed by atoms with E-state index in [9.17, 15) is 0 Å². The summed E-state index contributed by atoms with van der Waals surface area (Å²) in [5.74, 6) is 0. The van der Waals surface area contributed by atoms with Crippen LogP contribution in [0.3, 0.4) is 0 Å². The minimum Gasteiger partial charge on any atom is -0.350 e. The van der Waals surface area contributed by atoms with Crippen molar-refractivity contribution in [2.24, 2.45) is 0 Å². The van der Waals surface area contributed by atoms with Crippen LogP contribution in [0.2, 0.25) is 0 Å². The molecule has 3 nitrogen and oxygen atoms in total. The van der Waals surface area contributed by atoms with E-state index in [2.05, 4.69) is 18.3 Å². The van der Waals surface area contributed by atoms with Crippen LogP contribution < -0.4 is 5.32 Å². The second kappa shape index (κ2) is 7.93. The molecule has 0 aromatic carbocycles. The second-order valence-electron chi connectivity index (χ2n) is 5.29. The topological polar surface area (TPSA) is 30.5 Å². The molecule has 1 unspecified atom stereocenters. The Kier molecular flexibility index (Phi) is 6.18. The molecular formula is C15H27NO2. The van der Waals surface area contributed by atoms with Gasteiger partial charge in [-0.25, -0.2) is 0 Å². The van der Waals surface area contributed by atoms with Gasteiger partial charge in [-0.15, -0.1) is 0 Å². The fourth-order valence-corrected chi connectivity index (χ4v) is 2.78. The average molecular weight is 253 g/mol. The fourth-order valence-electron chi connectivity index (χ4n) is 2.78. The number of rotatable bonds is 6. The van der Waals surface area contributed by atoms with Crippen LogP contribution in [0.15, 0.2) is 11.6 Å². The Morgan fingerprint density at radius 1 is 1.28 bits per heavy atom. The maximum atomic E-state index is 5.60. The van der Waals surface area contributed by atoms with Crippen molar-refractivity contribution >= 4 is 0 Å². The molecule has 0 aromatic heterocycles. The Hall–Kier alpha value is -0.380. The van der Waals surface area contributed by atoms with Crippen LogP contribution in [0.5, 0.6) is 0 Å². The van der Waals surface area contributed by atoms with Crippen molar-refractivity contribution in [1.82, 2.24) is 5.32 Å². The Morgan fingerprint density at radius 3 is 2.89 bits per heavy atom. The zero-order chi connectivity index (χ0) is 12.6. The minimum absolute atomic E-state index is 0.00325. The van der Waals surface area contributed by atoms with Crippen LogP contribution in [-0.2, 0) is 9.47 Å². The molecule has 104 valence electrons. The lowest BCUT2D eigenvalue weighted by atomic mass is 9.98.